The van der Waals surface area contributed by atoms with E-state index in [-0.39, 0.29) is 18.4 Å². The van der Waals surface area contributed by atoms with Crippen LogP contribution in [-0.4, -0.2) is 52.8 Å². The summed E-state index contributed by atoms with van der Waals surface area (Å²) in [5.41, 5.74) is -0.612. The molecule has 6 heteroatoms. The Balaban J connectivity index is 2.71. The Hall–Kier alpha value is -1.56. The number of amides is 2. The maximum Gasteiger partial charge on any atom is 0.408 e. The van der Waals surface area contributed by atoms with E-state index in [1.807, 2.05) is 13.8 Å². The van der Waals surface area contributed by atoms with Gasteiger partial charge in [-0.25, -0.2) is 4.79 Å². The van der Waals surface area contributed by atoms with Crippen LogP contribution in [0.3, 0.4) is 0 Å². The second-order valence-corrected chi connectivity index (χ2v) is 6.61. The van der Waals surface area contributed by atoms with Gasteiger partial charge in [-0.1, -0.05) is 26.0 Å². The van der Waals surface area contributed by atoms with E-state index < -0.39 is 23.8 Å². The minimum atomic E-state index is -0.668. The van der Waals surface area contributed by atoms with Crippen molar-refractivity contribution in [2.75, 3.05) is 13.1 Å². The Morgan fingerprint density at radius 1 is 1.38 bits per heavy atom. The largest absolute Gasteiger partial charge is 0.444 e. The van der Waals surface area contributed by atoms with Crippen LogP contribution < -0.4 is 5.32 Å². The van der Waals surface area contributed by atoms with Crippen molar-refractivity contribution in [3.8, 4) is 0 Å². The summed E-state index contributed by atoms with van der Waals surface area (Å²) < 4.78 is 5.19. The van der Waals surface area contributed by atoms with E-state index in [0.29, 0.717) is 6.54 Å². The van der Waals surface area contributed by atoms with E-state index in [9.17, 15) is 14.7 Å². The molecule has 120 valence electrons. The predicted molar refractivity (Wildman–Crippen MR) is 79.7 cm³/mol. The molecule has 1 rings (SSSR count). The molecule has 6 nitrogen and oxygen atoms in total. The standard InChI is InChI=1S/C15H26N2O4/c1-10(2)12(16-14(20)21-15(3,4)5)13(19)17-8-6-7-11(18)9-17/h6-7,10-12,18H,8-9H2,1-5H3,(H,16,20)/t11?,12-/m1/s1. The van der Waals surface area contributed by atoms with Crippen LogP contribution in [0.1, 0.15) is 34.6 Å². The van der Waals surface area contributed by atoms with Gasteiger partial charge in [0.15, 0.2) is 0 Å². The number of rotatable bonds is 3. The van der Waals surface area contributed by atoms with Crippen molar-refractivity contribution in [1.82, 2.24) is 10.2 Å². The zero-order valence-electron chi connectivity index (χ0n) is 13.4. The summed E-state index contributed by atoms with van der Waals surface area (Å²) in [6.07, 6.45) is 2.14. The molecule has 2 N–H and O–H groups in total. The Bertz CT molecular complexity index is 412. The molecule has 0 aromatic heterocycles. The van der Waals surface area contributed by atoms with Crippen molar-refractivity contribution < 1.29 is 19.4 Å². The Labute approximate surface area is 126 Å². The number of carbonyl (C=O) groups is 2. The molecular weight excluding hydrogens is 272 g/mol. The average molecular weight is 298 g/mol. The quantitative estimate of drug-likeness (QED) is 0.770. The lowest BCUT2D eigenvalue weighted by Crippen LogP contribution is -2.54. The molecule has 1 aliphatic rings. The second-order valence-electron chi connectivity index (χ2n) is 6.61. The third kappa shape index (κ3) is 5.75. The molecular formula is C15H26N2O4. The highest BCUT2D eigenvalue weighted by Gasteiger charge is 2.31. The zero-order chi connectivity index (χ0) is 16.2. The number of hydrogen-bond acceptors (Lipinski definition) is 4. The molecule has 0 saturated heterocycles. The molecule has 21 heavy (non-hydrogen) atoms. The Morgan fingerprint density at radius 3 is 2.48 bits per heavy atom. The number of carbonyl (C=O) groups excluding carboxylic acids is 2. The van der Waals surface area contributed by atoms with Gasteiger partial charge < -0.3 is 20.1 Å². The molecule has 0 aromatic carbocycles. The first-order chi connectivity index (χ1) is 9.60. The molecule has 0 saturated carbocycles. The van der Waals surface area contributed by atoms with Gasteiger partial charge in [0.25, 0.3) is 0 Å². The highest BCUT2D eigenvalue weighted by Crippen LogP contribution is 2.12. The summed E-state index contributed by atoms with van der Waals surface area (Å²) in [4.78, 5) is 25.9. The fourth-order valence-corrected chi connectivity index (χ4v) is 2.03. The molecule has 0 aromatic rings. The molecule has 1 unspecified atom stereocenters. The maximum atomic E-state index is 12.5. The predicted octanol–water partition coefficient (Wildman–Crippen LogP) is 1.29. The average Bonchev–Trinajstić information content (AvgIpc) is 2.32. The van der Waals surface area contributed by atoms with Gasteiger partial charge in [0.2, 0.25) is 5.91 Å². The number of β-amino-alcohol motifs (C(OH)–C–C–N with tert-alkyl or cyclic N) is 1. The van der Waals surface area contributed by atoms with Gasteiger partial charge in [-0.2, -0.15) is 0 Å². The topological polar surface area (TPSA) is 78.9 Å². The second kappa shape index (κ2) is 6.93. The SMILES string of the molecule is CC(C)[C@@H](NC(=O)OC(C)(C)C)C(=O)N1CC=CC(O)C1. The highest BCUT2D eigenvalue weighted by atomic mass is 16.6. The van der Waals surface area contributed by atoms with Crippen molar-refractivity contribution >= 4 is 12.0 Å². The molecule has 1 aliphatic heterocycles. The number of ether oxygens (including phenoxy) is 1. The number of nitrogens with zero attached hydrogens (tertiary/aromatic N) is 1. The number of nitrogens with one attached hydrogen (secondary N) is 1. The summed E-state index contributed by atoms with van der Waals surface area (Å²) >= 11 is 0. The van der Waals surface area contributed by atoms with E-state index in [1.54, 1.807) is 32.9 Å². The third-order valence-electron chi connectivity index (χ3n) is 3.01. The van der Waals surface area contributed by atoms with E-state index in [2.05, 4.69) is 5.32 Å². The fourth-order valence-electron chi connectivity index (χ4n) is 2.03. The van der Waals surface area contributed by atoms with Crippen LogP contribution in [0.4, 0.5) is 4.79 Å². The highest BCUT2D eigenvalue weighted by molar-refractivity contribution is 5.86. The summed E-state index contributed by atoms with van der Waals surface area (Å²) in [5.74, 6) is -0.285. The van der Waals surface area contributed by atoms with Gasteiger partial charge in [0.1, 0.15) is 11.6 Å². The van der Waals surface area contributed by atoms with Crippen molar-refractivity contribution in [1.29, 1.82) is 0 Å². The van der Waals surface area contributed by atoms with Crippen LogP contribution in [0.15, 0.2) is 12.2 Å². The minimum Gasteiger partial charge on any atom is -0.444 e. The smallest absolute Gasteiger partial charge is 0.408 e. The monoisotopic (exact) mass is 298 g/mol. The van der Waals surface area contributed by atoms with Crippen molar-refractivity contribution in [3.05, 3.63) is 12.2 Å². The van der Waals surface area contributed by atoms with Crippen LogP contribution in [0.2, 0.25) is 0 Å². The molecule has 1 heterocycles. The maximum absolute atomic E-state index is 12.5. The number of hydrogen-bond donors (Lipinski definition) is 2. The lowest BCUT2D eigenvalue weighted by atomic mass is 10.0. The fraction of sp³-hybridized carbons (Fsp3) is 0.733. The van der Waals surface area contributed by atoms with E-state index >= 15 is 0 Å². The van der Waals surface area contributed by atoms with Gasteiger partial charge in [-0.05, 0) is 26.7 Å². The molecule has 0 spiro atoms. The molecule has 0 aliphatic carbocycles. The molecule has 2 amide bonds. The van der Waals surface area contributed by atoms with Crippen molar-refractivity contribution in [2.45, 2.75) is 52.4 Å². The van der Waals surface area contributed by atoms with Crippen LogP contribution in [0.25, 0.3) is 0 Å². The first-order valence-electron chi connectivity index (χ1n) is 7.23. The number of alkyl carbamates (subject to hydrolysis) is 1. The summed E-state index contributed by atoms with van der Waals surface area (Å²) in [7, 11) is 0. The molecule has 0 bridgehead atoms. The van der Waals surface area contributed by atoms with Crippen LogP contribution in [-0.2, 0) is 9.53 Å². The summed E-state index contributed by atoms with van der Waals surface area (Å²) in [6, 6.07) is -0.668. The number of aliphatic hydroxyl groups excluding tert-OH is 1. The molecule has 2 atom stereocenters. The first kappa shape index (κ1) is 17.5. The van der Waals surface area contributed by atoms with Gasteiger partial charge in [-0.15, -0.1) is 0 Å². The Kier molecular flexibility index (Phi) is 5.78. The van der Waals surface area contributed by atoms with E-state index in [0.717, 1.165) is 0 Å². The normalized spacial score (nSPS) is 20.3. The third-order valence-corrected chi connectivity index (χ3v) is 3.01. The van der Waals surface area contributed by atoms with E-state index in [4.69, 9.17) is 4.74 Å². The van der Waals surface area contributed by atoms with Gasteiger partial charge >= 0.3 is 6.09 Å². The first-order valence-corrected chi connectivity index (χ1v) is 7.23. The zero-order valence-corrected chi connectivity index (χ0v) is 13.4. The van der Waals surface area contributed by atoms with Gasteiger partial charge in [-0.3, -0.25) is 4.79 Å². The van der Waals surface area contributed by atoms with Crippen molar-refractivity contribution in [3.63, 3.8) is 0 Å². The van der Waals surface area contributed by atoms with Crippen LogP contribution >= 0.6 is 0 Å². The van der Waals surface area contributed by atoms with Crippen LogP contribution in [0.5, 0.6) is 0 Å². The lowest BCUT2D eigenvalue weighted by Gasteiger charge is -2.32. The molecule has 0 radical (unpaired) electrons. The minimum absolute atomic E-state index is 0.0759. The van der Waals surface area contributed by atoms with Crippen LogP contribution in [0, 0.1) is 5.92 Å². The summed E-state index contributed by atoms with van der Waals surface area (Å²) in [6.45, 7) is 9.70. The van der Waals surface area contributed by atoms with Crippen molar-refractivity contribution in [2.24, 2.45) is 5.92 Å². The van der Waals surface area contributed by atoms with E-state index in [1.165, 1.54) is 4.90 Å². The van der Waals surface area contributed by atoms with Gasteiger partial charge in [0, 0.05) is 6.54 Å². The lowest BCUT2D eigenvalue weighted by molar-refractivity contribution is -0.135. The molecule has 0 fully saturated rings. The number of aliphatic hydroxyl groups is 1. The Morgan fingerprint density at radius 2 is 2.00 bits per heavy atom. The summed E-state index contributed by atoms with van der Waals surface area (Å²) in [5, 5.41) is 12.2. The van der Waals surface area contributed by atoms with Gasteiger partial charge in [0.05, 0.1) is 12.6 Å².